The number of aromatic nitrogens is 2. The smallest absolute Gasteiger partial charge is 0.293 e. The van der Waals surface area contributed by atoms with E-state index in [1.165, 1.54) is 17.6 Å². The van der Waals surface area contributed by atoms with E-state index in [1.54, 1.807) is 11.8 Å². The van der Waals surface area contributed by atoms with Gasteiger partial charge in [-0.2, -0.15) is 0 Å². The topological polar surface area (TPSA) is 68.0 Å². The maximum absolute atomic E-state index is 12.4. The molecule has 1 aromatic carbocycles. The number of anilines is 1. The number of thioether (sulfide) groups is 1. The average molecular weight is 359 g/mol. The van der Waals surface area contributed by atoms with Gasteiger partial charge in [-0.1, -0.05) is 43.4 Å². The van der Waals surface area contributed by atoms with E-state index >= 15 is 0 Å². The highest BCUT2D eigenvalue weighted by Crippen LogP contribution is 2.26. The first-order valence-corrected chi connectivity index (χ1v) is 9.32. The molecule has 5 nitrogen and oxygen atoms in total. The lowest BCUT2D eigenvalue weighted by Gasteiger charge is -2.03. The summed E-state index contributed by atoms with van der Waals surface area (Å²) in [6.45, 7) is 4.08. The third kappa shape index (κ3) is 4.04. The molecule has 0 spiro atoms. The summed E-state index contributed by atoms with van der Waals surface area (Å²) in [6.07, 6.45) is 1.54. The van der Waals surface area contributed by atoms with Crippen LogP contribution in [0.25, 0.3) is 0 Å². The molecule has 24 heavy (non-hydrogen) atoms. The van der Waals surface area contributed by atoms with Crippen LogP contribution >= 0.6 is 23.1 Å². The lowest BCUT2D eigenvalue weighted by Crippen LogP contribution is -2.12. The van der Waals surface area contributed by atoms with Crippen molar-refractivity contribution >= 4 is 34.1 Å². The first kappa shape index (κ1) is 16.7. The van der Waals surface area contributed by atoms with Crippen molar-refractivity contribution in [2.24, 2.45) is 0 Å². The molecular formula is C17H17N3O2S2. The summed E-state index contributed by atoms with van der Waals surface area (Å²) in [4.78, 5) is 13.6. The van der Waals surface area contributed by atoms with Crippen molar-refractivity contribution in [3.8, 4) is 0 Å². The Balaban J connectivity index is 1.66. The van der Waals surface area contributed by atoms with Crippen LogP contribution in [0.15, 0.2) is 52.0 Å². The van der Waals surface area contributed by atoms with Gasteiger partial charge in [-0.15, -0.1) is 22.0 Å². The molecule has 0 radical (unpaired) electrons. The van der Waals surface area contributed by atoms with Crippen LogP contribution < -0.4 is 5.32 Å². The van der Waals surface area contributed by atoms with Crippen molar-refractivity contribution in [1.29, 1.82) is 0 Å². The van der Waals surface area contributed by atoms with Crippen LogP contribution in [-0.2, 0) is 5.75 Å². The lowest BCUT2D eigenvalue weighted by molar-refractivity contribution is 0.0995. The molecule has 0 aliphatic rings. The quantitative estimate of drug-likeness (QED) is 0.640. The summed E-state index contributed by atoms with van der Waals surface area (Å²) >= 11 is 3.04. The standard InChI is InChI=1S/C17H17N3O2S2/c1-11(2)16-19-20-17(24-16)18-15(21)14-12(8-9-22-14)10-23-13-6-4-3-5-7-13/h3-9,11H,10H2,1-2H3,(H,18,20,21). The number of nitrogens with zero attached hydrogens (tertiary/aromatic N) is 2. The third-order valence-corrected chi connectivity index (χ3v) is 5.45. The summed E-state index contributed by atoms with van der Waals surface area (Å²) in [5.74, 6) is 0.973. The van der Waals surface area contributed by atoms with Gasteiger partial charge in [0.25, 0.3) is 5.91 Å². The Hall–Kier alpha value is -2.12. The number of nitrogens with one attached hydrogen (secondary N) is 1. The molecule has 1 amide bonds. The molecule has 7 heteroatoms. The monoisotopic (exact) mass is 359 g/mol. The molecule has 124 valence electrons. The summed E-state index contributed by atoms with van der Waals surface area (Å²) in [5, 5.41) is 12.2. The summed E-state index contributed by atoms with van der Waals surface area (Å²) in [5.41, 5.74) is 0.856. The van der Waals surface area contributed by atoms with E-state index in [2.05, 4.69) is 15.5 Å². The van der Waals surface area contributed by atoms with E-state index < -0.39 is 0 Å². The molecule has 0 aliphatic carbocycles. The Kier molecular flexibility index (Phi) is 5.32. The minimum atomic E-state index is -0.296. The fourth-order valence-corrected chi connectivity index (χ4v) is 3.64. The molecule has 0 bridgehead atoms. The minimum Gasteiger partial charge on any atom is -0.459 e. The predicted molar refractivity (Wildman–Crippen MR) is 96.7 cm³/mol. The summed E-state index contributed by atoms with van der Waals surface area (Å²) < 4.78 is 5.37. The lowest BCUT2D eigenvalue weighted by atomic mass is 10.2. The maximum atomic E-state index is 12.4. The predicted octanol–water partition coefficient (Wildman–Crippen LogP) is 4.80. The largest absolute Gasteiger partial charge is 0.459 e. The van der Waals surface area contributed by atoms with Gasteiger partial charge in [0.1, 0.15) is 5.01 Å². The fourth-order valence-electron chi connectivity index (χ4n) is 2.00. The summed E-state index contributed by atoms with van der Waals surface area (Å²) in [6, 6.07) is 11.9. The van der Waals surface area contributed by atoms with Gasteiger partial charge in [0, 0.05) is 22.1 Å². The molecule has 0 atom stereocenters. The Morgan fingerprint density at radius 2 is 2.04 bits per heavy atom. The van der Waals surface area contributed by atoms with Crippen molar-refractivity contribution in [2.75, 3.05) is 5.32 Å². The number of rotatable bonds is 6. The van der Waals surface area contributed by atoms with E-state index in [-0.39, 0.29) is 11.8 Å². The molecule has 3 rings (SSSR count). The molecule has 0 unspecified atom stereocenters. The first-order valence-electron chi connectivity index (χ1n) is 7.52. The molecule has 0 aliphatic heterocycles. The van der Waals surface area contributed by atoms with E-state index in [0.29, 0.717) is 16.6 Å². The normalized spacial score (nSPS) is 11.0. The Morgan fingerprint density at radius 1 is 1.25 bits per heavy atom. The van der Waals surface area contributed by atoms with Crippen molar-refractivity contribution in [3.63, 3.8) is 0 Å². The van der Waals surface area contributed by atoms with Gasteiger partial charge in [0.05, 0.1) is 6.26 Å². The molecule has 1 N–H and O–H groups in total. The Morgan fingerprint density at radius 3 is 2.75 bits per heavy atom. The van der Waals surface area contributed by atoms with Crippen molar-refractivity contribution in [2.45, 2.75) is 30.4 Å². The minimum absolute atomic E-state index is 0.287. The highest BCUT2D eigenvalue weighted by molar-refractivity contribution is 7.98. The van der Waals surface area contributed by atoms with E-state index in [0.717, 1.165) is 15.5 Å². The second-order valence-electron chi connectivity index (χ2n) is 5.43. The first-order chi connectivity index (χ1) is 11.6. The number of carbonyl (C=O) groups excluding carboxylic acids is 1. The molecule has 0 saturated carbocycles. The van der Waals surface area contributed by atoms with Crippen LogP contribution in [0.5, 0.6) is 0 Å². The number of benzene rings is 1. The zero-order valence-electron chi connectivity index (χ0n) is 13.4. The second-order valence-corrected chi connectivity index (χ2v) is 7.49. The van der Waals surface area contributed by atoms with Crippen molar-refractivity contribution in [3.05, 3.63) is 59.0 Å². The van der Waals surface area contributed by atoms with Crippen molar-refractivity contribution in [1.82, 2.24) is 10.2 Å². The number of hydrogen-bond acceptors (Lipinski definition) is 6. The molecular weight excluding hydrogens is 342 g/mol. The Bertz CT molecular complexity index is 812. The number of furan rings is 1. The maximum Gasteiger partial charge on any atom is 0.293 e. The molecule has 0 saturated heterocycles. The van der Waals surface area contributed by atoms with Gasteiger partial charge < -0.3 is 4.42 Å². The molecule has 3 aromatic rings. The van der Waals surface area contributed by atoms with E-state index in [1.807, 2.05) is 50.2 Å². The number of hydrogen-bond donors (Lipinski definition) is 1. The van der Waals surface area contributed by atoms with Crippen LogP contribution in [0.1, 0.15) is 40.9 Å². The second kappa shape index (κ2) is 7.63. The van der Waals surface area contributed by atoms with Crippen LogP contribution in [-0.4, -0.2) is 16.1 Å². The summed E-state index contributed by atoms with van der Waals surface area (Å²) in [7, 11) is 0. The van der Waals surface area contributed by atoms with Gasteiger partial charge >= 0.3 is 0 Å². The average Bonchev–Trinajstić information content (AvgIpc) is 3.23. The van der Waals surface area contributed by atoms with Crippen LogP contribution in [0, 0.1) is 0 Å². The third-order valence-electron chi connectivity index (χ3n) is 3.25. The van der Waals surface area contributed by atoms with Gasteiger partial charge in [-0.3, -0.25) is 10.1 Å². The number of carbonyl (C=O) groups is 1. The van der Waals surface area contributed by atoms with E-state index in [4.69, 9.17) is 4.42 Å². The van der Waals surface area contributed by atoms with E-state index in [9.17, 15) is 4.79 Å². The van der Waals surface area contributed by atoms with Crippen molar-refractivity contribution < 1.29 is 9.21 Å². The van der Waals surface area contributed by atoms with Gasteiger partial charge in [0.2, 0.25) is 5.13 Å². The zero-order valence-corrected chi connectivity index (χ0v) is 15.0. The molecule has 2 aromatic heterocycles. The van der Waals surface area contributed by atoms with Crippen LogP contribution in [0.3, 0.4) is 0 Å². The highest BCUT2D eigenvalue weighted by atomic mass is 32.2. The zero-order chi connectivity index (χ0) is 16.9. The van der Waals surface area contributed by atoms with Gasteiger partial charge in [-0.05, 0) is 18.2 Å². The van der Waals surface area contributed by atoms with Gasteiger partial charge in [0.15, 0.2) is 5.76 Å². The molecule has 2 heterocycles. The van der Waals surface area contributed by atoms with Gasteiger partial charge in [-0.25, -0.2) is 0 Å². The Labute approximate surface area is 148 Å². The fraction of sp³-hybridized carbons (Fsp3) is 0.235. The van der Waals surface area contributed by atoms with Crippen LogP contribution in [0.4, 0.5) is 5.13 Å². The SMILES string of the molecule is CC(C)c1nnc(NC(=O)c2occc2CSc2ccccc2)s1. The highest BCUT2D eigenvalue weighted by Gasteiger charge is 2.18. The number of amides is 1. The van der Waals surface area contributed by atoms with Crippen LogP contribution in [0.2, 0.25) is 0 Å². The molecule has 0 fully saturated rings.